The van der Waals surface area contributed by atoms with Gasteiger partial charge in [-0.2, -0.15) is 0 Å². The maximum absolute atomic E-state index is 6.20. The zero-order valence-electron chi connectivity index (χ0n) is 31.4. The Morgan fingerprint density at radius 1 is 0.368 bits per heavy atom. The zero-order chi connectivity index (χ0) is 37.9. The van der Waals surface area contributed by atoms with Crippen LogP contribution >= 0.6 is 0 Å². The third-order valence-corrected chi connectivity index (χ3v) is 11.8. The van der Waals surface area contributed by atoms with Gasteiger partial charge >= 0.3 is 0 Å². The highest BCUT2D eigenvalue weighted by atomic mass is 16.3. The number of rotatable bonds is 6. The molecule has 2 aromatic heterocycles. The summed E-state index contributed by atoms with van der Waals surface area (Å²) in [7, 11) is 0. The van der Waals surface area contributed by atoms with Crippen molar-refractivity contribution in [2.24, 2.45) is 0 Å². The Morgan fingerprint density at radius 2 is 0.947 bits per heavy atom. The molecule has 3 heteroatoms. The first-order chi connectivity index (χ1) is 28.1. The first kappa shape index (κ1) is 33.0. The maximum Gasteiger partial charge on any atom is 0.160 e. The summed E-state index contributed by atoms with van der Waals surface area (Å²) < 4.78 is 6.20. The second-order valence-electron chi connectivity index (χ2n) is 15.1. The first-order valence-electron chi connectivity index (χ1n) is 19.5. The quantitative estimate of drug-likeness (QED) is 0.171. The molecule has 1 atom stereocenters. The SMILES string of the molecule is CC1(c2ccccc2)c2ccccc2-c2cc(-c3cc(-c4cc(-c5ccccc5)cc(-c5ccc6oc7ccccc7c6c5)c4)nc(-c4ccccc4)n3)ccc21. The van der Waals surface area contributed by atoms with Crippen molar-refractivity contribution in [2.45, 2.75) is 12.3 Å². The van der Waals surface area contributed by atoms with E-state index in [0.29, 0.717) is 5.82 Å². The topological polar surface area (TPSA) is 38.9 Å². The van der Waals surface area contributed by atoms with E-state index in [1.165, 1.54) is 27.8 Å². The largest absolute Gasteiger partial charge is 0.456 e. The molecule has 0 saturated heterocycles. The molecule has 268 valence electrons. The molecule has 57 heavy (non-hydrogen) atoms. The molecule has 0 N–H and O–H groups in total. The van der Waals surface area contributed by atoms with Crippen LogP contribution in [0.4, 0.5) is 0 Å². The molecule has 1 aliphatic carbocycles. The summed E-state index contributed by atoms with van der Waals surface area (Å²) >= 11 is 0. The zero-order valence-corrected chi connectivity index (χ0v) is 31.4. The monoisotopic (exact) mass is 728 g/mol. The van der Waals surface area contributed by atoms with Crippen molar-refractivity contribution in [1.29, 1.82) is 0 Å². The summed E-state index contributed by atoms with van der Waals surface area (Å²) in [6, 6.07) is 71.2. The molecule has 1 aliphatic rings. The Kier molecular flexibility index (Phi) is 7.61. The molecule has 10 aromatic rings. The van der Waals surface area contributed by atoms with Crippen LogP contribution < -0.4 is 0 Å². The van der Waals surface area contributed by atoms with Gasteiger partial charge in [-0.15, -0.1) is 0 Å². The van der Waals surface area contributed by atoms with Gasteiger partial charge in [-0.3, -0.25) is 0 Å². The summed E-state index contributed by atoms with van der Waals surface area (Å²) in [5.74, 6) is 0.691. The summed E-state index contributed by atoms with van der Waals surface area (Å²) in [4.78, 5) is 10.6. The number of benzene rings is 8. The van der Waals surface area contributed by atoms with Gasteiger partial charge in [-0.1, -0.05) is 152 Å². The van der Waals surface area contributed by atoms with E-state index >= 15 is 0 Å². The number of nitrogens with zero attached hydrogens (tertiary/aromatic N) is 2. The van der Waals surface area contributed by atoms with E-state index in [2.05, 4.69) is 177 Å². The second kappa shape index (κ2) is 13.1. The molecule has 0 saturated carbocycles. The van der Waals surface area contributed by atoms with Gasteiger partial charge in [0.25, 0.3) is 0 Å². The minimum Gasteiger partial charge on any atom is -0.456 e. The van der Waals surface area contributed by atoms with Crippen molar-refractivity contribution in [2.75, 3.05) is 0 Å². The van der Waals surface area contributed by atoms with E-state index in [9.17, 15) is 0 Å². The molecule has 3 nitrogen and oxygen atoms in total. The molecule has 0 radical (unpaired) electrons. The van der Waals surface area contributed by atoms with Crippen molar-refractivity contribution in [3.05, 3.63) is 217 Å². The fourth-order valence-corrected chi connectivity index (χ4v) is 8.85. The smallest absolute Gasteiger partial charge is 0.160 e. The molecule has 0 aliphatic heterocycles. The van der Waals surface area contributed by atoms with Crippen LogP contribution in [0.15, 0.2) is 205 Å². The van der Waals surface area contributed by atoms with Crippen LogP contribution in [0.25, 0.3) is 89.2 Å². The average Bonchev–Trinajstić information content (AvgIpc) is 3.79. The number of para-hydroxylation sites is 1. The van der Waals surface area contributed by atoms with E-state index in [1.807, 2.05) is 30.3 Å². The third-order valence-electron chi connectivity index (χ3n) is 11.8. The van der Waals surface area contributed by atoms with Crippen LogP contribution in [0.2, 0.25) is 0 Å². The molecule has 0 bridgehead atoms. The summed E-state index contributed by atoms with van der Waals surface area (Å²) in [6.07, 6.45) is 0. The maximum atomic E-state index is 6.20. The van der Waals surface area contributed by atoms with Gasteiger partial charge in [0.05, 0.1) is 11.4 Å². The van der Waals surface area contributed by atoms with Gasteiger partial charge in [-0.25, -0.2) is 9.97 Å². The van der Waals surface area contributed by atoms with E-state index in [0.717, 1.165) is 72.3 Å². The number of aromatic nitrogens is 2. The number of hydrogen-bond acceptors (Lipinski definition) is 3. The molecule has 8 aromatic carbocycles. The fraction of sp³-hybridized carbons (Fsp3) is 0.0370. The van der Waals surface area contributed by atoms with Crippen LogP contribution in [0, 0.1) is 0 Å². The van der Waals surface area contributed by atoms with Crippen molar-refractivity contribution < 1.29 is 4.42 Å². The summed E-state index contributed by atoms with van der Waals surface area (Å²) in [5.41, 5.74) is 17.2. The minimum atomic E-state index is -0.266. The van der Waals surface area contributed by atoms with Crippen molar-refractivity contribution in [3.8, 4) is 67.3 Å². The predicted molar refractivity (Wildman–Crippen MR) is 234 cm³/mol. The van der Waals surface area contributed by atoms with Crippen LogP contribution in [-0.2, 0) is 5.41 Å². The average molecular weight is 729 g/mol. The highest BCUT2D eigenvalue weighted by Crippen LogP contribution is 2.53. The lowest BCUT2D eigenvalue weighted by atomic mass is 9.74. The molecule has 0 amide bonds. The highest BCUT2D eigenvalue weighted by molar-refractivity contribution is 6.06. The van der Waals surface area contributed by atoms with E-state index < -0.39 is 0 Å². The first-order valence-corrected chi connectivity index (χ1v) is 19.5. The minimum absolute atomic E-state index is 0.266. The standard InChI is InChI=1S/C54H36N2O/c1-54(42-19-9-4-10-20-42)47-23-13-11-21-43(47)45-33-38(25-27-48(45)54)49-34-50(56-53(55-49)36-17-7-3-8-18-36)41-30-39(35-15-5-2-6-16-35)29-40(31-41)37-26-28-52-46(32-37)44-22-12-14-24-51(44)57-52/h2-34H,1H3. The van der Waals surface area contributed by atoms with Crippen molar-refractivity contribution >= 4 is 21.9 Å². The van der Waals surface area contributed by atoms with Crippen LogP contribution in [0.3, 0.4) is 0 Å². The Morgan fingerprint density at radius 3 is 1.74 bits per heavy atom. The highest BCUT2D eigenvalue weighted by Gasteiger charge is 2.40. The predicted octanol–water partition coefficient (Wildman–Crippen LogP) is 14.0. The molecular weight excluding hydrogens is 693 g/mol. The molecule has 1 unspecified atom stereocenters. The van der Waals surface area contributed by atoms with Crippen LogP contribution in [0.5, 0.6) is 0 Å². The van der Waals surface area contributed by atoms with Gasteiger partial charge in [0, 0.05) is 32.9 Å². The van der Waals surface area contributed by atoms with E-state index in [-0.39, 0.29) is 5.41 Å². The van der Waals surface area contributed by atoms with Crippen LogP contribution in [0.1, 0.15) is 23.6 Å². The summed E-state index contributed by atoms with van der Waals surface area (Å²) in [5, 5.41) is 2.22. The second-order valence-corrected chi connectivity index (χ2v) is 15.1. The number of fused-ring (bicyclic) bond motifs is 6. The van der Waals surface area contributed by atoms with Crippen molar-refractivity contribution in [3.63, 3.8) is 0 Å². The van der Waals surface area contributed by atoms with Gasteiger partial charge in [0.2, 0.25) is 0 Å². The fourth-order valence-electron chi connectivity index (χ4n) is 8.85. The Labute approximate surface area is 331 Å². The molecule has 0 spiro atoms. The van der Waals surface area contributed by atoms with Gasteiger partial charge in [0.1, 0.15) is 11.2 Å². The Balaban J connectivity index is 1.11. The Bertz CT molecular complexity index is 3130. The van der Waals surface area contributed by atoms with Gasteiger partial charge in [-0.05, 0) is 106 Å². The lowest BCUT2D eigenvalue weighted by Gasteiger charge is -2.28. The number of furan rings is 1. The lowest BCUT2D eigenvalue weighted by Crippen LogP contribution is -2.22. The third kappa shape index (κ3) is 5.50. The lowest BCUT2D eigenvalue weighted by molar-refractivity contribution is 0.669. The van der Waals surface area contributed by atoms with E-state index in [4.69, 9.17) is 14.4 Å². The molecular formula is C54H36N2O. The molecule has 2 heterocycles. The molecule has 11 rings (SSSR count). The van der Waals surface area contributed by atoms with Crippen molar-refractivity contribution in [1.82, 2.24) is 9.97 Å². The van der Waals surface area contributed by atoms with E-state index in [1.54, 1.807) is 0 Å². The van der Waals surface area contributed by atoms with Crippen LogP contribution in [-0.4, -0.2) is 9.97 Å². The van der Waals surface area contributed by atoms with Gasteiger partial charge in [0.15, 0.2) is 5.82 Å². The normalized spacial score (nSPS) is 14.5. The summed E-state index contributed by atoms with van der Waals surface area (Å²) in [6.45, 7) is 2.35. The number of hydrogen-bond donors (Lipinski definition) is 0. The molecule has 0 fully saturated rings. The Hall–Kier alpha value is -7.36. The van der Waals surface area contributed by atoms with Gasteiger partial charge < -0.3 is 4.42 Å².